The van der Waals surface area contributed by atoms with E-state index in [0.717, 1.165) is 33.9 Å². The smallest absolute Gasteiger partial charge is 0.294 e. The van der Waals surface area contributed by atoms with Gasteiger partial charge in [0.1, 0.15) is 5.75 Å². The van der Waals surface area contributed by atoms with Gasteiger partial charge in [-0.2, -0.15) is 8.42 Å². The van der Waals surface area contributed by atoms with Gasteiger partial charge in [0.2, 0.25) is 0 Å². The second-order valence-electron chi connectivity index (χ2n) is 9.75. The number of rotatable bonds is 6. The molecule has 0 saturated heterocycles. The van der Waals surface area contributed by atoms with Gasteiger partial charge in [-0.3, -0.25) is 4.55 Å². The minimum Gasteiger partial charge on any atom is -0.454 e. The van der Waals surface area contributed by atoms with Crippen molar-refractivity contribution in [1.29, 1.82) is 0 Å². The Morgan fingerprint density at radius 1 is 0.625 bits per heavy atom. The first kappa shape index (κ1) is 25.7. The monoisotopic (exact) mass is 548 g/mol. The molecule has 0 radical (unpaired) electrons. The fourth-order valence-corrected chi connectivity index (χ4v) is 6.10. The van der Waals surface area contributed by atoms with Crippen LogP contribution in [-0.2, 0) is 10.1 Å². The summed E-state index contributed by atoms with van der Waals surface area (Å²) < 4.78 is 41.8. The van der Waals surface area contributed by atoms with E-state index in [9.17, 15) is 13.0 Å². The van der Waals surface area contributed by atoms with E-state index in [0.29, 0.717) is 17.1 Å². The highest BCUT2D eigenvalue weighted by molar-refractivity contribution is 7.85. The molecule has 0 bridgehead atoms. The quantitative estimate of drug-likeness (QED) is 0.215. The molecule has 0 fully saturated rings. The fourth-order valence-electron chi connectivity index (χ4n) is 5.36. The van der Waals surface area contributed by atoms with Gasteiger partial charge in [-0.15, -0.1) is 0 Å². The minimum atomic E-state index is -4.47. The summed E-state index contributed by atoms with van der Waals surface area (Å²) in [5, 5.41) is 0. The molecular weight excluding hydrogens is 520 g/mol. The summed E-state index contributed by atoms with van der Waals surface area (Å²) in [6.45, 7) is 0. The molecule has 200 valence electrons. The zero-order chi connectivity index (χ0) is 27.9. The number of hydrogen-bond acceptors (Lipinski definition) is 5. The van der Waals surface area contributed by atoms with Crippen molar-refractivity contribution in [2.45, 2.75) is 10.8 Å². The number of benzene rings is 5. The van der Waals surface area contributed by atoms with Crippen molar-refractivity contribution in [3.05, 3.63) is 138 Å². The number of ether oxygens (including phenoxy) is 1. The average molecular weight is 549 g/mol. The molecule has 6 rings (SSSR count). The highest BCUT2D eigenvalue weighted by atomic mass is 32.2. The standard InChI is InChI=1S/C33H28N2O4S/c1-34(23-12-5-3-6-13-23)25-20-21-26-30(22-25)39-33-28(32(26)27-16-9-10-19-31(27)40(36,37)38)17-11-18-29(33)35(2)24-14-7-4-8-15-24/h3-22,32H,1-2H3,(H,36,37,38). The first-order valence-electron chi connectivity index (χ1n) is 12.9. The van der Waals surface area contributed by atoms with Crippen LogP contribution < -0.4 is 14.5 Å². The first-order valence-corrected chi connectivity index (χ1v) is 14.4. The highest BCUT2D eigenvalue weighted by Crippen LogP contribution is 2.53. The molecule has 1 atom stereocenters. The van der Waals surface area contributed by atoms with E-state index >= 15 is 0 Å². The van der Waals surface area contributed by atoms with Crippen molar-refractivity contribution in [3.8, 4) is 11.5 Å². The van der Waals surface area contributed by atoms with Crippen molar-refractivity contribution in [1.82, 2.24) is 0 Å². The fraction of sp³-hybridized carbons (Fsp3) is 0.0909. The number of hydrogen-bond donors (Lipinski definition) is 1. The lowest BCUT2D eigenvalue weighted by molar-refractivity contribution is 0.451. The Morgan fingerprint density at radius 3 is 1.90 bits per heavy atom. The van der Waals surface area contributed by atoms with E-state index in [1.165, 1.54) is 6.07 Å². The largest absolute Gasteiger partial charge is 0.454 e. The Balaban J connectivity index is 1.56. The van der Waals surface area contributed by atoms with Crippen LogP contribution in [0, 0.1) is 0 Å². The lowest BCUT2D eigenvalue weighted by Gasteiger charge is -2.33. The van der Waals surface area contributed by atoms with Gasteiger partial charge in [-0.25, -0.2) is 0 Å². The number of fused-ring (bicyclic) bond motifs is 2. The summed E-state index contributed by atoms with van der Waals surface area (Å²) in [5.74, 6) is 0.768. The third-order valence-electron chi connectivity index (χ3n) is 7.40. The van der Waals surface area contributed by atoms with E-state index in [4.69, 9.17) is 4.74 Å². The Kier molecular flexibility index (Phi) is 6.54. The van der Waals surface area contributed by atoms with E-state index < -0.39 is 16.0 Å². The van der Waals surface area contributed by atoms with Gasteiger partial charge in [-0.1, -0.05) is 72.8 Å². The van der Waals surface area contributed by atoms with Gasteiger partial charge in [0.15, 0.2) is 5.75 Å². The van der Waals surface area contributed by atoms with Crippen molar-refractivity contribution < 1.29 is 17.7 Å². The summed E-state index contributed by atoms with van der Waals surface area (Å²) >= 11 is 0. The molecule has 1 aliphatic rings. The second kappa shape index (κ2) is 10.2. The number of para-hydroxylation sites is 3. The topological polar surface area (TPSA) is 70.1 Å². The maximum Gasteiger partial charge on any atom is 0.294 e. The van der Waals surface area contributed by atoms with Crippen LogP contribution in [0.3, 0.4) is 0 Å². The summed E-state index contributed by atoms with van der Waals surface area (Å²) in [6, 6.07) is 38.5. The minimum absolute atomic E-state index is 0.119. The summed E-state index contributed by atoms with van der Waals surface area (Å²) in [6.07, 6.45) is 0. The molecule has 1 heterocycles. The lowest BCUT2D eigenvalue weighted by atomic mass is 9.82. The Hall–Kier alpha value is -4.59. The van der Waals surface area contributed by atoms with Crippen LogP contribution >= 0.6 is 0 Å². The van der Waals surface area contributed by atoms with Crippen molar-refractivity contribution in [2.24, 2.45) is 0 Å². The molecule has 0 spiro atoms. The SMILES string of the molecule is CN(c1ccccc1)c1ccc2c(c1)Oc1c(cccc1N(C)c1ccccc1)C2c1ccccc1S(=O)(=O)O. The van der Waals surface area contributed by atoms with E-state index in [1.54, 1.807) is 18.2 Å². The first-order chi connectivity index (χ1) is 19.3. The average Bonchev–Trinajstić information content (AvgIpc) is 2.99. The van der Waals surface area contributed by atoms with E-state index in [-0.39, 0.29) is 4.90 Å². The number of nitrogens with zero attached hydrogens (tertiary/aromatic N) is 2. The molecule has 0 aliphatic carbocycles. The van der Waals surface area contributed by atoms with Gasteiger partial charge >= 0.3 is 0 Å². The highest BCUT2D eigenvalue weighted by Gasteiger charge is 2.34. The molecule has 7 heteroatoms. The molecule has 40 heavy (non-hydrogen) atoms. The molecular formula is C33H28N2O4S. The van der Waals surface area contributed by atoms with Gasteiger partial charge < -0.3 is 14.5 Å². The zero-order valence-electron chi connectivity index (χ0n) is 22.1. The van der Waals surface area contributed by atoms with Gasteiger partial charge in [0, 0.05) is 54.3 Å². The van der Waals surface area contributed by atoms with Crippen LogP contribution in [0.4, 0.5) is 22.7 Å². The van der Waals surface area contributed by atoms with Gasteiger partial charge in [0.05, 0.1) is 10.6 Å². The predicted octanol–water partition coefficient (Wildman–Crippen LogP) is 7.76. The zero-order valence-corrected chi connectivity index (χ0v) is 22.9. The maximum atomic E-state index is 12.5. The van der Waals surface area contributed by atoms with E-state index in [1.807, 2.05) is 111 Å². The van der Waals surface area contributed by atoms with Crippen LogP contribution in [0.15, 0.2) is 126 Å². The third kappa shape index (κ3) is 4.59. The Morgan fingerprint density at radius 2 is 1.23 bits per heavy atom. The molecule has 1 aliphatic heterocycles. The van der Waals surface area contributed by atoms with Crippen LogP contribution in [0.2, 0.25) is 0 Å². The van der Waals surface area contributed by atoms with Crippen LogP contribution in [0.1, 0.15) is 22.6 Å². The lowest BCUT2D eigenvalue weighted by Crippen LogP contribution is -2.18. The molecule has 5 aromatic rings. The van der Waals surface area contributed by atoms with Crippen molar-refractivity contribution >= 4 is 32.9 Å². The molecule has 0 saturated carbocycles. The van der Waals surface area contributed by atoms with Gasteiger partial charge in [-0.05, 0) is 48.0 Å². The molecule has 0 aromatic heterocycles. The summed E-state index contributed by atoms with van der Waals surface area (Å²) in [5.41, 5.74) is 5.88. The summed E-state index contributed by atoms with van der Waals surface area (Å²) in [7, 11) is -0.504. The van der Waals surface area contributed by atoms with Crippen molar-refractivity contribution in [3.63, 3.8) is 0 Å². The second-order valence-corrected chi connectivity index (χ2v) is 11.1. The molecule has 0 amide bonds. The van der Waals surface area contributed by atoms with E-state index in [2.05, 4.69) is 9.80 Å². The predicted molar refractivity (Wildman–Crippen MR) is 159 cm³/mol. The molecule has 1 unspecified atom stereocenters. The molecule has 5 aromatic carbocycles. The van der Waals surface area contributed by atoms with Crippen LogP contribution in [0.25, 0.3) is 0 Å². The third-order valence-corrected chi connectivity index (χ3v) is 8.33. The summed E-state index contributed by atoms with van der Waals surface area (Å²) in [4.78, 5) is 4.00. The maximum absolute atomic E-state index is 12.5. The number of anilines is 4. The van der Waals surface area contributed by atoms with Crippen LogP contribution in [0.5, 0.6) is 11.5 Å². The Labute approximate surface area is 234 Å². The molecule has 6 nitrogen and oxygen atoms in total. The molecule has 1 N–H and O–H groups in total. The van der Waals surface area contributed by atoms with Crippen LogP contribution in [-0.4, -0.2) is 27.1 Å². The Bertz CT molecular complexity index is 1790. The van der Waals surface area contributed by atoms with Crippen molar-refractivity contribution in [2.75, 3.05) is 23.9 Å². The van der Waals surface area contributed by atoms with Gasteiger partial charge in [0.25, 0.3) is 10.1 Å². The normalized spacial score (nSPS) is 14.0.